The van der Waals surface area contributed by atoms with Crippen LogP contribution in [0.3, 0.4) is 0 Å². The third-order valence-corrected chi connectivity index (χ3v) is 20.3. The lowest BCUT2D eigenvalue weighted by Gasteiger charge is -2.18. The summed E-state index contributed by atoms with van der Waals surface area (Å²) in [6, 6.07) is 129. The molecule has 5 aromatic heterocycles. The molecule has 466 valence electrons. The number of rotatable bonds is 11. The first-order valence-corrected chi connectivity index (χ1v) is 34.1. The van der Waals surface area contributed by atoms with Crippen molar-refractivity contribution in [2.75, 3.05) is 0 Å². The summed E-state index contributed by atoms with van der Waals surface area (Å²) in [5.41, 5.74) is 24.9. The van der Waals surface area contributed by atoms with Gasteiger partial charge in [0.2, 0.25) is 11.9 Å². The molecule has 7 nitrogen and oxygen atoms in total. The van der Waals surface area contributed by atoms with Crippen LogP contribution < -0.4 is 0 Å². The van der Waals surface area contributed by atoms with Crippen LogP contribution in [0.4, 0.5) is 0 Å². The molecule has 0 saturated heterocycles. The number of hydrogen-bond acceptors (Lipinski definition) is 3. The molecule has 0 N–H and O–H groups in total. The molecule has 0 aliphatic carbocycles. The van der Waals surface area contributed by atoms with Crippen molar-refractivity contribution in [3.05, 3.63) is 358 Å². The lowest BCUT2D eigenvalue weighted by Crippen LogP contribution is -2.10. The molecular formula is C93H59N7. The van der Waals surface area contributed by atoms with Crippen LogP contribution in [0, 0.1) is 0 Å². The Morgan fingerprint density at radius 2 is 0.440 bits per heavy atom. The summed E-state index contributed by atoms with van der Waals surface area (Å²) in [6.45, 7) is 0. The fourth-order valence-electron chi connectivity index (χ4n) is 15.7. The largest absolute Gasteiger partial charge is 0.309 e. The highest BCUT2D eigenvalue weighted by Crippen LogP contribution is 2.45. The van der Waals surface area contributed by atoms with Crippen LogP contribution >= 0.6 is 0 Å². The van der Waals surface area contributed by atoms with Crippen molar-refractivity contribution < 1.29 is 0 Å². The number of para-hydroxylation sites is 6. The molecule has 20 aromatic rings. The molecule has 7 heteroatoms. The summed E-state index contributed by atoms with van der Waals surface area (Å²) in [5, 5.41) is 9.20. The molecule has 0 atom stereocenters. The molecule has 20 rings (SSSR count). The maximum absolute atomic E-state index is 5.84. The number of benzene rings is 15. The summed E-state index contributed by atoms with van der Waals surface area (Å²) in [6.07, 6.45) is 0. The SMILES string of the molecule is c1ccc(-c2ccccc2-c2ccc(-c3ccccc3-c3ccccc3)c(-c3nc(-n4c5ccccc5c5cc(-c6ccc7c(c6)c6ccccc6n7-c6ccccc6)ccc54)nc(-n4c5ccccc5c5cc(-c6ccc7c(c6)c6ccccc6n7-c6ccccc6)ccc54)n3)c2)cc1. The highest BCUT2D eigenvalue weighted by molar-refractivity contribution is 6.15. The Morgan fingerprint density at radius 3 is 0.840 bits per heavy atom. The van der Waals surface area contributed by atoms with Crippen LogP contribution in [-0.2, 0) is 0 Å². The fraction of sp³-hybridized carbons (Fsp3) is 0. The van der Waals surface area contributed by atoms with E-state index in [1.165, 1.54) is 32.6 Å². The molecule has 0 amide bonds. The number of fused-ring (bicyclic) bond motifs is 12. The molecular weight excluding hydrogens is 1220 g/mol. The molecule has 15 aromatic carbocycles. The molecule has 0 aliphatic rings. The van der Waals surface area contributed by atoms with E-state index in [1.807, 2.05) is 0 Å². The molecule has 100 heavy (non-hydrogen) atoms. The van der Waals surface area contributed by atoms with Gasteiger partial charge < -0.3 is 9.13 Å². The second-order valence-electron chi connectivity index (χ2n) is 25.9. The zero-order valence-corrected chi connectivity index (χ0v) is 54.2. The maximum Gasteiger partial charge on any atom is 0.240 e. The van der Waals surface area contributed by atoms with E-state index in [2.05, 4.69) is 376 Å². The minimum Gasteiger partial charge on any atom is -0.309 e. The number of aromatic nitrogens is 7. The standard InChI is InChI=1S/C93H59N7/c1-5-25-60(26-6-1)69-33-13-14-35-71(69)66-45-50-73(72-36-16-15-34-70(72)61-27-7-2-8-28-61)82(59-66)91-94-92(99-85-43-23-19-39-76(85)80-57-64(48-53-89(80)99)62-46-51-87-78(55-62)74-37-17-21-41-83(74)97(87)67-29-9-3-10-30-67)96-93(95-91)100-86-44-24-20-40-77(86)81-58-65(49-54-90(81)100)63-47-52-88-79(56-63)75-38-18-22-42-84(75)98(88)68-31-11-4-12-32-68/h1-59H. The number of nitrogens with zero attached hydrogens (tertiary/aromatic N) is 7. The Kier molecular flexibility index (Phi) is 13.1. The van der Waals surface area contributed by atoms with Crippen LogP contribution in [0.5, 0.6) is 0 Å². The molecule has 0 spiro atoms. The van der Waals surface area contributed by atoms with Crippen molar-refractivity contribution in [3.8, 4) is 101 Å². The van der Waals surface area contributed by atoms with E-state index in [4.69, 9.17) is 15.0 Å². The van der Waals surface area contributed by atoms with Crippen LogP contribution in [0.1, 0.15) is 0 Å². The summed E-state index contributed by atoms with van der Waals surface area (Å²) in [4.78, 5) is 17.5. The molecule has 0 radical (unpaired) electrons. The number of hydrogen-bond donors (Lipinski definition) is 0. The highest BCUT2D eigenvalue weighted by Gasteiger charge is 2.26. The van der Waals surface area contributed by atoms with E-state index in [-0.39, 0.29) is 0 Å². The van der Waals surface area contributed by atoms with Crippen LogP contribution in [0.2, 0.25) is 0 Å². The van der Waals surface area contributed by atoms with Gasteiger partial charge in [0.15, 0.2) is 5.82 Å². The van der Waals surface area contributed by atoms with Crippen molar-refractivity contribution in [3.63, 3.8) is 0 Å². The van der Waals surface area contributed by atoms with Crippen molar-refractivity contribution in [2.24, 2.45) is 0 Å². The van der Waals surface area contributed by atoms with Crippen molar-refractivity contribution in [1.82, 2.24) is 33.2 Å². The van der Waals surface area contributed by atoms with Crippen LogP contribution in [0.25, 0.3) is 189 Å². The molecule has 0 aliphatic heterocycles. The zero-order chi connectivity index (χ0) is 65.8. The topological polar surface area (TPSA) is 58.4 Å². The van der Waals surface area contributed by atoms with E-state index in [0.717, 1.165) is 138 Å². The fourth-order valence-corrected chi connectivity index (χ4v) is 15.7. The molecule has 0 unspecified atom stereocenters. The zero-order valence-electron chi connectivity index (χ0n) is 54.2. The summed E-state index contributed by atoms with van der Waals surface area (Å²) in [7, 11) is 0. The molecule has 0 saturated carbocycles. The van der Waals surface area contributed by atoms with Gasteiger partial charge in [-0.25, -0.2) is 0 Å². The van der Waals surface area contributed by atoms with Gasteiger partial charge in [-0.15, -0.1) is 0 Å². The van der Waals surface area contributed by atoms with Crippen molar-refractivity contribution in [1.29, 1.82) is 0 Å². The normalized spacial score (nSPS) is 11.8. The van der Waals surface area contributed by atoms with Gasteiger partial charge in [0.05, 0.1) is 44.1 Å². The third-order valence-electron chi connectivity index (χ3n) is 20.3. The second-order valence-corrected chi connectivity index (χ2v) is 25.9. The Labute approximate surface area is 576 Å². The van der Waals surface area contributed by atoms with E-state index in [1.54, 1.807) is 0 Å². The Bertz CT molecular complexity index is 6340. The van der Waals surface area contributed by atoms with E-state index in [9.17, 15) is 0 Å². The summed E-state index contributed by atoms with van der Waals surface area (Å²) in [5.74, 6) is 1.53. The molecule has 0 bridgehead atoms. The predicted octanol–water partition coefficient (Wildman–Crippen LogP) is 23.9. The minimum absolute atomic E-state index is 0.497. The smallest absolute Gasteiger partial charge is 0.240 e. The average molecular weight is 1270 g/mol. The Hall–Kier alpha value is -13.5. The van der Waals surface area contributed by atoms with Crippen molar-refractivity contribution >= 4 is 87.2 Å². The van der Waals surface area contributed by atoms with E-state index >= 15 is 0 Å². The van der Waals surface area contributed by atoms with Gasteiger partial charge in [0.25, 0.3) is 0 Å². The van der Waals surface area contributed by atoms with Crippen LogP contribution in [-0.4, -0.2) is 33.2 Å². The molecule has 5 heterocycles. The van der Waals surface area contributed by atoms with E-state index in [0.29, 0.717) is 17.7 Å². The lowest BCUT2D eigenvalue weighted by atomic mass is 9.88. The predicted molar refractivity (Wildman–Crippen MR) is 415 cm³/mol. The summed E-state index contributed by atoms with van der Waals surface area (Å²) < 4.78 is 9.25. The quantitative estimate of drug-likeness (QED) is 0.130. The Balaban J connectivity index is 0.824. The lowest BCUT2D eigenvalue weighted by molar-refractivity contribution is 0.893. The van der Waals surface area contributed by atoms with Gasteiger partial charge in [0, 0.05) is 60.0 Å². The minimum atomic E-state index is 0.497. The average Bonchev–Trinajstić information content (AvgIpc) is 1.56. The van der Waals surface area contributed by atoms with E-state index < -0.39 is 0 Å². The Morgan fingerprint density at radius 1 is 0.160 bits per heavy atom. The maximum atomic E-state index is 5.84. The summed E-state index contributed by atoms with van der Waals surface area (Å²) >= 11 is 0. The highest BCUT2D eigenvalue weighted by atomic mass is 15.3. The van der Waals surface area contributed by atoms with Crippen molar-refractivity contribution in [2.45, 2.75) is 0 Å². The van der Waals surface area contributed by atoms with Gasteiger partial charge in [-0.2, -0.15) is 15.0 Å². The monoisotopic (exact) mass is 1270 g/mol. The van der Waals surface area contributed by atoms with Gasteiger partial charge in [-0.05, 0) is 170 Å². The van der Waals surface area contributed by atoms with Gasteiger partial charge in [0.1, 0.15) is 0 Å². The first-order chi connectivity index (χ1) is 49.6. The van der Waals surface area contributed by atoms with Gasteiger partial charge in [-0.3, -0.25) is 9.13 Å². The van der Waals surface area contributed by atoms with Gasteiger partial charge in [-0.1, -0.05) is 255 Å². The second kappa shape index (κ2) is 23.1. The first-order valence-electron chi connectivity index (χ1n) is 34.1. The van der Waals surface area contributed by atoms with Gasteiger partial charge >= 0.3 is 0 Å². The third kappa shape index (κ3) is 9.17. The van der Waals surface area contributed by atoms with Crippen LogP contribution in [0.15, 0.2) is 358 Å². The molecule has 0 fully saturated rings. The first kappa shape index (κ1) is 56.8.